The van der Waals surface area contributed by atoms with Gasteiger partial charge in [-0.05, 0) is 18.2 Å². The zero-order valence-electron chi connectivity index (χ0n) is 11.5. The van der Waals surface area contributed by atoms with Crippen LogP contribution in [-0.2, 0) is 14.8 Å². The third-order valence-electron chi connectivity index (χ3n) is 2.71. The Morgan fingerprint density at radius 2 is 2.00 bits per heavy atom. The quantitative estimate of drug-likeness (QED) is 0.795. The Balaban J connectivity index is 3.27. The molecule has 0 saturated carbocycles. The molecule has 7 nitrogen and oxygen atoms in total. The molecule has 0 unspecified atom stereocenters. The number of carboxylic acids is 1. The Morgan fingerprint density at radius 3 is 2.50 bits per heavy atom. The Morgan fingerprint density at radius 1 is 1.35 bits per heavy atom. The van der Waals surface area contributed by atoms with Crippen LogP contribution in [0.15, 0.2) is 23.1 Å². The van der Waals surface area contributed by atoms with Crippen molar-refractivity contribution in [2.24, 2.45) is 0 Å². The lowest BCUT2D eigenvalue weighted by atomic mass is 10.2. The smallest absolute Gasteiger partial charge is 0.335 e. The Hall–Kier alpha value is -1.64. The molecule has 1 rings (SSSR count). The van der Waals surface area contributed by atoms with Gasteiger partial charge < -0.3 is 14.6 Å². The SMILES string of the molecule is COCCN(C)S(=O)(=O)c1cc(C(=O)O)ccc1OC. The maximum atomic E-state index is 12.4. The molecular weight excluding hydrogens is 286 g/mol. The average molecular weight is 303 g/mol. The second-order valence-electron chi connectivity index (χ2n) is 3.99. The number of sulfonamides is 1. The monoisotopic (exact) mass is 303 g/mol. The second-order valence-corrected chi connectivity index (χ2v) is 6.00. The lowest BCUT2D eigenvalue weighted by Crippen LogP contribution is -2.30. The van der Waals surface area contributed by atoms with Crippen LogP contribution in [0.3, 0.4) is 0 Å². The van der Waals surface area contributed by atoms with E-state index >= 15 is 0 Å². The van der Waals surface area contributed by atoms with E-state index in [0.29, 0.717) is 0 Å². The van der Waals surface area contributed by atoms with Crippen LogP contribution in [0.4, 0.5) is 0 Å². The fourth-order valence-electron chi connectivity index (χ4n) is 1.52. The summed E-state index contributed by atoms with van der Waals surface area (Å²) in [5, 5.41) is 8.95. The molecule has 20 heavy (non-hydrogen) atoms. The van der Waals surface area contributed by atoms with E-state index < -0.39 is 16.0 Å². The van der Waals surface area contributed by atoms with E-state index in [1.54, 1.807) is 0 Å². The Bertz CT molecular complexity index is 584. The van der Waals surface area contributed by atoms with Crippen molar-refractivity contribution in [2.75, 3.05) is 34.4 Å². The summed E-state index contributed by atoms with van der Waals surface area (Å²) in [5.74, 6) is -1.11. The summed E-state index contributed by atoms with van der Waals surface area (Å²) in [6.45, 7) is 0.385. The number of hydrogen-bond donors (Lipinski definition) is 1. The van der Waals surface area contributed by atoms with E-state index in [-0.39, 0.29) is 29.4 Å². The van der Waals surface area contributed by atoms with E-state index in [4.69, 9.17) is 14.6 Å². The van der Waals surface area contributed by atoms with Gasteiger partial charge in [0.2, 0.25) is 10.0 Å². The predicted octanol–water partition coefficient (Wildman–Crippen LogP) is 0.660. The standard InChI is InChI=1S/C12H17NO6S/c1-13(6-7-18-2)20(16,17)11-8-9(12(14)15)4-5-10(11)19-3/h4-5,8H,6-7H2,1-3H3,(H,14,15). The van der Waals surface area contributed by atoms with Gasteiger partial charge in [0.25, 0.3) is 0 Å². The molecule has 112 valence electrons. The maximum absolute atomic E-state index is 12.4. The van der Waals surface area contributed by atoms with Crippen molar-refractivity contribution in [2.45, 2.75) is 4.90 Å². The minimum Gasteiger partial charge on any atom is -0.495 e. The molecule has 0 aromatic heterocycles. The molecule has 0 aliphatic carbocycles. The van der Waals surface area contributed by atoms with E-state index in [1.165, 1.54) is 33.4 Å². The van der Waals surface area contributed by atoms with Gasteiger partial charge in [0.05, 0.1) is 19.3 Å². The Labute approximate surface area is 117 Å². The van der Waals surface area contributed by atoms with Gasteiger partial charge in [-0.25, -0.2) is 13.2 Å². The van der Waals surface area contributed by atoms with Crippen LogP contribution < -0.4 is 4.74 Å². The van der Waals surface area contributed by atoms with Gasteiger partial charge in [0.15, 0.2) is 0 Å². The van der Waals surface area contributed by atoms with Crippen LogP contribution in [0.2, 0.25) is 0 Å². The summed E-state index contributed by atoms with van der Waals surface area (Å²) in [5.41, 5.74) is -0.121. The normalized spacial score (nSPS) is 11.6. The lowest BCUT2D eigenvalue weighted by Gasteiger charge is -2.18. The van der Waals surface area contributed by atoms with Crippen molar-refractivity contribution < 1.29 is 27.8 Å². The minimum atomic E-state index is -3.84. The van der Waals surface area contributed by atoms with Crippen LogP contribution in [0, 0.1) is 0 Å². The lowest BCUT2D eigenvalue weighted by molar-refractivity contribution is 0.0696. The highest BCUT2D eigenvalue weighted by Crippen LogP contribution is 2.27. The van der Waals surface area contributed by atoms with E-state index in [1.807, 2.05) is 0 Å². The maximum Gasteiger partial charge on any atom is 0.335 e. The highest BCUT2D eigenvalue weighted by Gasteiger charge is 2.25. The van der Waals surface area contributed by atoms with Gasteiger partial charge in [0.1, 0.15) is 10.6 Å². The first-order chi connectivity index (χ1) is 9.34. The van der Waals surface area contributed by atoms with Crippen molar-refractivity contribution in [3.05, 3.63) is 23.8 Å². The minimum absolute atomic E-state index is 0.0965. The van der Waals surface area contributed by atoms with Crippen molar-refractivity contribution in [1.82, 2.24) is 4.31 Å². The third-order valence-corrected chi connectivity index (χ3v) is 4.59. The molecule has 1 aromatic rings. The molecule has 0 aliphatic rings. The van der Waals surface area contributed by atoms with E-state index in [9.17, 15) is 13.2 Å². The zero-order valence-corrected chi connectivity index (χ0v) is 12.3. The summed E-state index contributed by atoms with van der Waals surface area (Å²) >= 11 is 0. The van der Waals surface area contributed by atoms with Crippen molar-refractivity contribution in [3.8, 4) is 5.75 Å². The van der Waals surface area contributed by atoms with Crippen LogP contribution in [0.5, 0.6) is 5.75 Å². The summed E-state index contributed by atoms with van der Waals surface area (Å²) in [7, 11) is 0.333. The molecule has 0 amide bonds. The molecule has 0 heterocycles. The molecule has 0 atom stereocenters. The molecule has 0 fully saturated rings. The number of aromatic carboxylic acids is 1. The van der Waals surface area contributed by atoms with Crippen LogP contribution in [0.1, 0.15) is 10.4 Å². The zero-order chi connectivity index (χ0) is 15.3. The number of ether oxygens (including phenoxy) is 2. The molecule has 0 spiro atoms. The van der Waals surface area contributed by atoms with Crippen LogP contribution in [-0.4, -0.2) is 58.2 Å². The van der Waals surface area contributed by atoms with Crippen LogP contribution in [0.25, 0.3) is 0 Å². The average Bonchev–Trinajstić information content (AvgIpc) is 2.43. The van der Waals surface area contributed by atoms with Gasteiger partial charge in [-0.2, -0.15) is 4.31 Å². The second kappa shape index (κ2) is 6.69. The van der Waals surface area contributed by atoms with Crippen LogP contribution >= 0.6 is 0 Å². The largest absolute Gasteiger partial charge is 0.495 e. The summed E-state index contributed by atoms with van der Waals surface area (Å²) in [6, 6.07) is 3.69. The summed E-state index contributed by atoms with van der Waals surface area (Å²) in [6.07, 6.45) is 0. The number of carbonyl (C=O) groups is 1. The van der Waals surface area contributed by atoms with Crippen molar-refractivity contribution in [3.63, 3.8) is 0 Å². The number of nitrogens with zero attached hydrogens (tertiary/aromatic N) is 1. The van der Waals surface area contributed by atoms with Gasteiger partial charge in [-0.15, -0.1) is 0 Å². The number of hydrogen-bond acceptors (Lipinski definition) is 5. The van der Waals surface area contributed by atoms with Gasteiger partial charge >= 0.3 is 5.97 Å². The fourth-order valence-corrected chi connectivity index (χ4v) is 2.85. The molecule has 0 radical (unpaired) electrons. The highest BCUT2D eigenvalue weighted by atomic mass is 32.2. The first-order valence-corrected chi connectivity index (χ1v) is 7.15. The Kier molecular flexibility index (Phi) is 5.49. The topological polar surface area (TPSA) is 93.1 Å². The fraction of sp³-hybridized carbons (Fsp3) is 0.417. The number of likely N-dealkylation sites (N-methyl/N-ethyl adjacent to an activating group) is 1. The third kappa shape index (κ3) is 3.47. The number of carboxylic acid groups (broad SMARTS) is 1. The molecule has 1 N–H and O–H groups in total. The summed E-state index contributed by atoms with van der Waals surface area (Å²) in [4.78, 5) is 10.8. The molecule has 0 aliphatic heterocycles. The highest BCUT2D eigenvalue weighted by molar-refractivity contribution is 7.89. The van der Waals surface area contributed by atoms with Crippen molar-refractivity contribution in [1.29, 1.82) is 0 Å². The van der Waals surface area contributed by atoms with Crippen molar-refractivity contribution >= 4 is 16.0 Å². The predicted molar refractivity (Wildman–Crippen MR) is 71.6 cm³/mol. The number of methoxy groups -OCH3 is 2. The molecular formula is C12H17NO6S. The van der Waals surface area contributed by atoms with E-state index in [0.717, 1.165) is 10.4 Å². The summed E-state index contributed by atoms with van der Waals surface area (Å²) < 4.78 is 35.7. The van der Waals surface area contributed by atoms with E-state index in [2.05, 4.69) is 0 Å². The first kappa shape index (κ1) is 16.4. The van der Waals surface area contributed by atoms with Gasteiger partial charge in [-0.1, -0.05) is 0 Å². The number of benzene rings is 1. The van der Waals surface area contributed by atoms with Gasteiger partial charge in [0, 0.05) is 20.7 Å². The molecule has 0 bridgehead atoms. The number of rotatable bonds is 7. The van der Waals surface area contributed by atoms with Gasteiger partial charge in [-0.3, -0.25) is 0 Å². The molecule has 1 aromatic carbocycles. The molecule has 0 saturated heterocycles. The molecule has 8 heteroatoms. The first-order valence-electron chi connectivity index (χ1n) is 5.71.